The number of methoxy groups -OCH3 is 2. The molecule has 0 amide bonds. The molecule has 4 heteroatoms. The highest BCUT2D eigenvalue weighted by Crippen LogP contribution is 2.20. The Morgan fingerprint density at radius 2 is 1.16 bits per heavy atom. The third-order valence-corrected chi connectivity index (χ3v) is 7.29. The molecule has 4 nitrogen and oxygen atoms in total. The largest absolute Gasteiger partial charge is 0.492 e. The van der Waals surface area contributed by atoms with Gasteiger partial charge in [-0.25, -0.2) is 0 Å². The average molecular weight is 511 g/mol. The molecule has 0 bridgehead atoms. The summed E-state index contributed by atoms with van der Waals surface area (Å²) in [6, 6.07) is 0. The van der Waals surface area contributed by atoms with E-state index in [4.69, 9.17) is 9.47 Å². The van der Waals surface area contributed by atoms with Gasteiger partial charge in [0.25, 0.3) is 5.78 Å². The van der Waals surface area contributed by atoms with E-state index in [0.717, 1.165) is 12.1 Å². The first-order valence-corrected chi connectivity index (χ1v) is 14.9. The molecule has 2 aliphatic rings. The van der Waals surface area contributed by atoms with E-state index in [1.54, 1.807) is 12.2 Å². The number of ketones is 1. The van der Waals surface area contributed by atoms with Crippen LogP contribution in [0.15, 0.2) is 71.5 Å². The lowest BCUT2D eigenvalue weighted by Gasteiger charge is -2.17. The molecule has 0 fully saturated rings. The van der Waals surface area contributed by atoms with E-state index in [-0.39, 0.29) is 5.78 Å². The summed E-state index contributed by atoms with van der Waals surface area (Å²) in [6.45, 7) is 3.39. The van der Waals surface area contributed by atoms with Crippen LogP contribution in [-0.2, 0) is 14.3 Å². The van der Waals surface area contributed by atoms with Gasteiger partial charge in [-0.1, -0.05) is 103 Å². The van der Waals surface area contributed by atoms with Crippen molar-refractivity contribution in [1.82, 2.24) is 0 Å². The van der Waals surface area contributed by atoms with E-state index in [2.05, 4.69) is 37.4 Å². The molecule has 1 atom stereocenters. The van der Waals surface area contributed by atoms with Crippen molar-refractivity contribution in [3.05, 3.63) is 71.5 Å². The zero-order valence-electron chi connectivity index (χ0n) is 23.9. The van der Waals surface area contributed by atoms with Gasteiger partial charge in [0.1, 0.15) is 5.70 Å². The molecule has 2 rings (SSSR count). The molecule has 0 aromatic heterocycles. The molecule has 0 saturated carbocycles. The highest BCUT2D eigenvalue weighted by Gasteiger charge is 2.21. The SMILES string of the molecule is CCCCCCCCCCCCCCCCCC[NH+]1C=CC=CC1=CC=C1C=C(OC)C(=O)C(OC)=C1. The monoisotopic (exact) mass is 510 g/mol. The van der Waals surface area contributed by atoms with Crippen LogP contribution in [0.5, 0.6) is 0 Å². The molecule has 0 radical (unpaired) electrons. The predicted octanol–water partition coefficient (Wildman–Crippen LogP) is 7.67. The molecule has 1 aliphatic carbocycles. The number of hydrogen-bond donors (Lipinski definition) is 1. The van der Waals surface area contributed by atoms with Crippen LogP contribution in [0.3, 0.4) is 0 Å². The Morgan fingerprint density at radius 1 is 0.676 bits per heavy atom. The van der Waals surface area contributed by atoms with E-state index in [0.29, 0.717) is 11.5 Å². The van der Waals surface area contributed by atoms with Crippen molar-refractivity contribution in [1.29, 1.82) is 0 Å². The minimum Gasteiger partial charge on any atom is -0.492 e. The van der Waals surface area contributed by atoms with Gasteiger partial charge < -0.3 is 9.47 Å². The fourth-order valence-electron chi connectivity index (χ4n) is 4.97. The van der Waals surface area contributed by atoms with Crippen molar-refractivity contribution in [3.8, 4) is 0 Å². The second-order valence-corrected chi connectivity index (χ2v) is 10.3. The van der Waals surface area contributed by atoms with Crippen LogP contribution >= 0.6 is 0 Å². The van der Waals surface area contributed by atoms with Gasteiger partial charge in [0.15, 0.2) is 11.5 Å². The van der Waals surface area contributed by atoms with Gasteiger partial charge >= 0.3 is 0 Å². The summed E-state index contributed by atoms with van der Waals surface area (Å²) in [7, 11) is 3.02. The lowest BCUT2D eigenvalue weighted by atomic mass is 10.0. The molecule has 0 aromatic carbocycles. The van der Waals surface area contributed by atoms with Gasteiger partial charge in [0.2, 0.25) is 0 Å². The van der Waals surface area contributed by atoms with Gasteiger partial charge in [-0.2, -0.15) is 0 Å². The maximum atomic E-state index is 12.2. The summed E-state index contributed by atoms with van der Waals surface area (Å²) < 4.78 is 10.4. The number of allylic oxidation sites excluding steroid dienone is 8. The summed E-state index contributed by atoms with van der Waals surface area (Å²) in [5.41, 5.74) is 2.12. The van der Waals surface area contributed by atoms with E-state index in [9.17, 15) is 4.79 Å². The molecule has 0 aromatic rings. The number of carbonyl (C=O) groups is 1. The molecular formula is C33H52NO3+. The first-order chi connectivity index (χ1) is 18.2. The van der Waals surface area contributed by atoms with E-state index < -0.39 is 0 Å². The third-order valence-electron chi connectivity index (χ3n) is 7.29. The van der Waals surface area contributed by atoms with Gasteiger partial charge in [-0.15, -0.1) is 0 Å². The fourth-order valence-corrected chi connectivity index (χ4v) is 4.97. The van der Waals surface area contributed by atoms with Crippen molar-refractivity contribution in [3.63, 3.8) is 0 Å². The quantitative estimate of drug-likeness (QED) is 0.171. The van der Waals surface area contributed by atoms with Gasteiger partial charge in [0, 0.05) is 6.08 Å². The lowest BCUT2D eigenvalue weighted by molar-refractivity contribution is -0.802. The maximum absolute atomic E-state index is 12.2. The second-order valence-electron chi connectivity index (χ2n) is 10.3. The number of carbonyl (C=O) groups excluding carboxylic acids is 1. The number of rotatable bonds is 20. The maximum Gasteiger partial charge on any atom is 0.261 e. The Hall–Kier alpha value is -2.33. The van der Waals surface area contributed by atoms with Crippen molar-refractivity contribution in [2.24, 2.45) is 0 Å². The van der Waals surface area contributed by atoms with Crippen LogP contribution < -0.4 is 4.90 Å². The van der Waals surface area contributed by atoms with E-state index >= 15 is 0 Å². The summed E-state index contributed by atoms with van der Waals surface area (Å²) in [6.07, 6.45) is 38.6. The van der Waals surface area contributed by atoms with Crippen LogP contribution in [0.2, 0.25) is 0 Å². The molecule has 37 heavy (non-hydrogen) atoms. The molecule has 0 saturated heterocycles. The number of quaternary nitrogens is 1. The van der Waals surface area contributed by atoms with Crippen molar-refractivity contribution in [2.75, 3.05) is 20.8 Å². The number of ether oxygens (including phenoxy) is 2. The number of nitrogens with one attached hydrogen (secondary N) is 1. The molecule has 1 aliphatic heterocycles. The van der Waals surface area contributed by atoms with Crippen LogP contribution in [0.1, 0.15) is 110 Å². The van der Waals surface area contributed by atoms with Crippen LogP contribution in [0.4, 0.5) is 0 Å². The molecular weight excluding hydrogens is 458 g/mol. The molecule has 1 heterocycles. The molecule has 0 spiro atoms. The van der Waals surface area contributed by atoms with Gasteiger partial charge in [0.05, 0.1) is 27.0 Å². The molecule has 1 unspecified atom stereocenters. The van der Waals surface area contributed by atoms with Crippen LogP contribution in [0.25, 0.3) is 0 Å². The summed E-state index contributed by atoms with van der Waals surface area (Å²) in [5.74, 6) is 0.395. The topological polar surface area (TPSA) is 40.0 Å². The Labute approximate surface area is 226 Å². The average Bonchev–Trinajstić information content (AvgIpc) is 2.92. The first kappa shape index (κ1) is 30.9. The second kappa shape index (κ2) is 19.7. The summed E-state index contributed by atoms with van der Waals surface area (Å²) in [5, 5.41) is 0. The third kappa shape index (κ3) is 12.6. The zero-order valence-corrected chi connectivity index (χ0v) is 23.9. The van der Waals surface area contributed by atoms with Crippen molar-refractivity contribution >= 4 is 5.78 Å². The Bertz CT molecular complexity index is 818. The zero-order chi connectivity index (χ0) is 26.6. The lowest BCUT2D eigenvalue weighted by Crippen LogP contribution is -3.05. The highest BCUT2D eigenvalue weighted by atomic mass is 16.5. The summed E-state index contributed by atoms with van der Waals surface area (Å²) >= 11 is 0. The summed E-state index contributed by atoms with van der Waals surface area (Å²) in [4.78, 5) is 13.5. The van der Waals surface area contributed by atoms with Crippen LogP contribution in [-0.4, -0.2) is 26.5 Å². The van der Waals surface area contributed by atoms with Gasteiger partial charge in [-0.3, -0.25) is 9.69 Å². The number of unbranched alkanes of at least 4 members (excludes halogenated alkanes) is 15. The minimum absolute atomic E-state index is 0.217. The standard InChI is InChI=1S/C33H51NO3/c1-4-5-6-7-8-9-10-11-12-13-14-15-16-17-18-20-25-34-26-21-19-22-30(34)24-23-29-27-31(36-2)33(35)32(28-29)37-3/h19,21-24,26-28H,4-18,20,25H2,1-3H3/p+1. The van der Waals surface area contributed by atoms with Gasteiger partial charge in [-0.05, 0) is 48.8 Å². The predicted molar refractivity (Wildman–Crippen MR) is 155 cm³/mol. The molecule has 206 valence electrons. The van der Waals surface area contributed by atoms with Crippen molar-refractivity contribution < 1.29 is 19.2 Å². The number of Topliss-reactive ketones (excluding diaryl/α,β-unsaturated/α-hetero) is 1. The number of hydrogen-bond acceptors (Lipinski definition) is 3. The van der Waals surface area contributed by atoms with E-state index in [1.807, 2.05) is 6.08 Å². The fraction of sp³-hybridized carbons (Fsp3) is 0.606. The normalized spacial score (nSPS) is 18.2. The first-order valence-electron chi connectivity index (χ1n) is 14.9. The highest BCUT2D eigenvalue weighted by molar-refractivity contribution is 6.07. The molecule has 1 N–H and O–H groups in total. The Morgan fingerprint density at radius 3 is 1.65 bits per heavy atom. The van der Waals surface area contributed by atoms with E-state index in [1.165, 1.54) is 128 Å². The van der Waals surface area contributed by atoms with Crippen molar-refractivity contribution in [2.45, 2.75) is 110 Å². The Kier molecular flexibility index (Phi) is 16.5. The van der Waals surface area contributed by atoms with Crippen LogP contribution in [0, 0.1) is 0 Å². The minimum atomic E-state index is -0.217. The smallest absolute Gasteiger partial charge is 0.261 e. The Balaban J connectivity index is 1.58.